The zero-order chi connectivity index (χ0) is 49.0. The molecule has 360 valence electrons. The van der Waals surface area contributed by atoms with Gasteiger partial charge in [0.25, 0.3) is 5.91 Å². The lowest BCUT2D eigenvalue weighted by Gasteiger charge is -2.35. The maximum atomic E-state index is 13.6. The van der Waals surface area contributed by atoms with E-state index in [4.69, 9.17) is 20.3 Å². The van der Waals surface area contributed by atoms with E-state index in [9.17, 15) is 26.4 Å². The molecule has 8 rings (SSSR count). The van der Waals surface area contributed by atoms with Crippen molar-refractivity contribution in [1.82, 2.24) is 39.4 Å². The van der Waals surface area contributed by atoms with Gasteiger partial charge in [-0.2, -0.15) is 19.2 Å². The van der Waals surface area contributed by atoms with Crippen LogP contribution in [0.15, 0.2) is 60.7 Å². The van der Waals surface area contributed by atoms with E-state index in [0.29, 0.717) is 18.2 Å². The van der Waals surface area contributed by atoms with Gasteiger partial charge in [-0.1, -0.05) is 30.7 Å². The summed E-state index contributed by atoms with van der Waals surface area (Å²) in [6.07, 6.45) is 8.40. The number of aryl methyl sites for hydroxylation is 2. The van der Waals surface area contributed by atoms with Crippen LogP contribution >= 0.6 is 0 Å². The Morgan fingerprint density at radius 1 is 0.687 bits per heavy atom. The molecule has 0 spiro atoms. The third-order valence-corrected chi connectivity index (χ3v) is 12.8. The van der Waals surface area contributed by atoms with Gasteiger partial charge in [-0.25, -0.2) is 31.6 Å². The number of nitrogens with zero attached hydrogens (tertiary/aromatic N) is 9. The lowest BCUT2D eigenvalue weighted by molar-refractivity contribution is 0.0606. The van der Waals surface area contributed by atoms with Crippen LogP contribution in [-0.2, 0) is 20.0 Å². The molecule has 2 aromatic carbocycles. The van der Waals surface area contributed by atoms with Gasteiger partial charge in [0.05, 0.1) is 58.5 Å². The van der Waals surface area contributed by atoms with E-state index in [-0.39, 0.29) is 28.9 Å². The molecule has 67 heavy (non-hydrogen) atoms. The number of sulfonamides is 2. The summed E-state index contributed by atoms with van der Waals surface area (Å²) in [6, 6.07) is 16.8. The van der Waals surface area contributed by atoms with Crippen molar-refractivity contribution < 1.29 is 31.5 Å². The molecule has 2 aliphatic rings. The second-order valence-electron chi connectivity index (χ2n) is 17.4. The standard InChI is InChI=1S/C23H30N6O3S.C15H23N5.C8H9NO4S/c1-15-16(2)24-21-14-19(25-29(21)22(15)27(3)4)20-12-8-9-13-28(20)23(30)17-10-6-7-11-18(17)26-33(5,31)32;1-10-11(2)17-14-9-13(12-7-5-6-8-16-12)18-20(14)15(10)19(3)4;1-14(12,13)9-7-5-3-2-4-6(7)8(10)11/h6-7,10-11,14,20,26H,8-9,12-13H2,1-5H3;9,12,16H,5-8H2,1-4H3;2-5,9H,1H3,(H,10,11)/t20-;12-;/m00./s1. The Bertz CT molecular complexity index is 3000. The molecule has 2 fully saturated rings. The number of aromatic carboxylic acids is 1. The smallest absolute Gasteiger partial charge is 0.337 e. The average molecular weight is 959 g/mol. The van der Waals surface area contributed by atoms with Crippen molar-refractivity contribution >= 4 is 66.2 Å². The largest absolute Gasteiger partial charge is 0.478 e. The van der Waals surface area contributed by atoms with E-state index >= 15 is 0 Å². The number of carboxylic acids is 1. The number of benzene rings is 2. The van der Waals surface area contributed by atoms with Gasteiger partial charge < -0.3 is 25.1 Å². The number of piperidine rings is 2. The number of carbonyl (C=O) groups is 2. The van der Waals surface area contributed by atoms with Gasteiger partial charge in [0.1, 0.15) is 11.6 Å². The molecule has 0 bridgehead atoms. The first-order valence-corrected chi connectivity index (χ1v) is 25.8. The fourth-order valence-corrected chi connectivity index (χ4v) is 9.60. The van der Waals surface area contributed by atoms with Crippen LogP contribution in [0.2, 0.25) is 0 Å². The second kappa shape index (κ2) is 20.7. The number of carbonyl (C=O) groups excluding carboxylic acids is 1. The highest BCUT2D eigenvalue weighted by molar-refractivity contribution is 7.92. The Balaban J connectivity index is 0.000000184. The number of para-hydroxylation sites is 2. The topological polar surface area (TPSA) is 229 Å². The summed E-state index contributed by atoms with van der Waals surface area (Å²) in [7, 11) is 1.10. The molecule has 2 atom stereocenters. The molecule has 0 radical (unpaired) electrons. The van der Waals surface area contributed by atoms with Crippen molar-refractivity contribution in [3.05, 3.63) is 106 Å². The molecule has 6 heterocycles. The van der Waals surface area contributed by atoms with Crippen molar-refractivity contribution in [2.24, 2.45) is 0 Å². The number of carboxylic acid groups (broad SMARTS) is 1. The predicted octanol–water partition coefficient (Wildman–Crippen LogP) is 6.13. The summed E-state index contributed by atoms with van der Waals surface area (Å²) < 4.78 is 53.8. The summed E-state index contributed by atoms with van der Waals surface area (Å²) in [5.41, 5.74) is 8.47. The minimum absolute atomic E-state index is 0.0714. The Morgan fingerprint density at radius 2 is 1.16 bits per heavy atom. The number of likely N-dealkylation sites (tertiary alicyclic amines) is 1. The monoisotopic (exact) mass is 958 g/mol. The zero-order valence-corrected chi connectivity index (χ0v) is 41.5. The summed E-state index contributed by atoms with van der Waals surface area (Å²) in [4.78, 5) is 39.6. The van der Waals surface area contributed by atoms with Crippen molar-refractivity contribution in [1.29, 1.82) is 0 Å². The molecule has 19 nitrogen and oxygen atoms in total. The molecule has 4 N–H and O–H groups in total. The van der Waals surface area contributed by atoms with Crippen LogP contribution in [0.25, 0.3) is 11.3 Å². The molecule has 1 amide bonds. The number of nitrogens with one attached hydrogen (secondary N) is 3. The Labute approximate surface area is 392 Å². The Hall–Kier alpha value is -6.32. The van der Waals surface area contributed by atoms with Crippen LogP contribution in [0.5, 0.6) is 0 Å². The molecular formula is C46H62N12O7S2. The van der Waals surface area contributed by atoms with Gasteiger partial charge in [0.15, 0.2) is 11.3 Å². The van der Waals surface area contributed by atoms with Crippen molar-refractivity contribution in [2.45, 2.75) is 78.3 Å². The van der Waals surface area contributed by atoms with Crippen LogP contribution in [0.4, 0.5) is 23.0 Å². The minimum atomic E-state index is -3.52. The number of fused-ring (bicyclic) bond motifs is 2. The molecule has 0 aliphatic carbocycles. The summed E-state index contributed by atoms with van der Waals surface area (Å²) in [6.45, 7) is 9.85. The van der Waals surface area contributed by atoms with Crippen LogP contribution in [0.1, 0.15) is 105 Å². The maximum Gasteiger partial charge on any atom is 0.337 e. The van der Waals surface area contributed by atoms with Gasteiger partial charge in [0, 0.05) is 69.4 Å². The number of aromatic nitrogens is 6. The predicted molar refractivity (Wildman–Crippen MR) is 263 cm³/mol. The third kappa shape index (κ3) is 12.0. The van der Waals surface area contributed by atoms with E-state index in [1.807, 2.05) is 52.8 Å². The molecule has 6 aromatic rings. The molecular weight excluding hydrogens is 897 g/mol. The lowest BCUT2D eigenvalue weighted by atomic mass is 9.98. The first-order valence-electron chi connectivity index (χ1n) is 22.0. The number of hydrogen-bond acceptors (Lipinski definition) is 13. The van der Waals surface area contributed by atoms with Gasteiger partial charge in [-0.15, -0.1) is 0 Å². The highest BCUT2D eigenvalue weighted by Crippen LogP contribution is 2.35. The van der Waals surface area contributed by atoms with Gasteiger partial charge in [-0.3, -0.25) is 14.2 Å². The van der Waals surface area contributed by atoms with Crippen molar-refractivity contribution in [3.8, 4) is 0 Å². The Kier molecular flexibility index (Phi) is 15.5. The third-order valence-electron chi connectivity index (χ3n) is 11.7. The Morgan fingerprint density at radius 3 is 1.66 bits per heavy atom. The first kappa shape index (κ1) is 50.1. The number of hydrogen-bond donors (Lipinski definition) is 4. The van der Waals surface area contributed by atoms with E-state index in [1.165, 1.54) is 43.0 Å². The average Bonchev–Trinajstić information content (AvgIpc) is 3.88. The number of rotatable bonds is 10. The van der Waals surface area contributed by atoms with Gasteiger partial charge >= 0.3 is 5.97 Å². The first-order chi connectivity index (χ1) is 31.5. The molecule has 21 heteroatoms. The second-order valence-corrected chi connectivity index (χ2v) is 20.9. The zero-order valence-electron chi connectivity index (χ0n) is 39.8. The molecule has 2 aliphatic heterocycles. The van der Waals surface area contributed by atoms with Gasteiger partial charge in [0.2, 0.25) is 20.0 Å². The van der Waals surface area contributed by atoms with E-state index in [2.05, 4.69) is 58.7 Å². The van der Waals surface area contributed by atoms with E-state index < -0.39 is 26.0 Å². The highest BCUT2D eigenvalue weighted by atomic mass is 32.2. The summed E-state index contributed by atoms with van der Waals surface area (Å²) in [5, 5.41) is 22.0. The number of amides is 1. The molecule has 0 unspecified atom stereocenters. The molecule has 4 aromatic heterocycles. The fraction of sp³-hybridized carbons (Fsp3) is 0.435. The highest BCUT2D eigenvalue weighted by Gasteiger charge is 2.32. The quantitative estimate of drug-likeness (QED) is 0.121. The summed E-state index contributed by atoms with van der Waals surface area (Å²) >= 11 is 0. The van der Waals surface area contributed by atoms with Crippen molar-refractivity contribution in [2.75, 3.05) is 73.0 Å². The molecule has 0 saturated carbocycles. The van der Waals surface area contributed by atoms with Crippen LogP contribution in [0.3, 0.4) is 0 Å². The van der Waals surface area contributed by atoms with Crippen LogP contribution < -0.4 is 24.6 Å². The minimum Gasteiger partial charge on any atom is -0.478 e. The normalized spacial score (nSPS) is 16.4. The van der Waals surface area contributed by atoms with E-state index in [0.717, 1.165) is 89.6 Å². The van der Waals surface area contributed by atoms with Gasteiger partial charge in [-0.05, 0) is 90.6 Å². The van der Waals surface area contributed by atoms with Crippen molar-refractivity contribution in [3.63, 3.8) is 0 Å². The van der Waals surface area contributed by atoms with Crippen LogP contribution in [-0.4, -0.2) is 122 Å². The molecule has 2 saturated heterocycles. The SMILES string of the molecule is CS(=O)(=O)Nc1ccccc1C(=O)O.Cc1nc2cc([C@@H]3CCCCN3)nn2c(N(C)C)c1C.Cc1nc2cc([C@@H]3CCCCN3C(=O)c3ccccc3NS(C)(=O)=O)nn2c(N(C)C)c1C. The van der Waals surface area contributed by atoms with E-state index in [1.54, 1.807) is 30.3 Å². The lowest BCUT2D eigenvalue weighted by Crippen LogP contribution is -2.39. The number of anilines is 4. The summed E-state index contributed by atoms with van der Waals surface area (Å²) in [5.74, 6) is 0.697. The maximum absolute atomic E-state index is 13.6. The van der Waals surface area contributed by atoms with Crippen LogP contribution in [0, 0.1) is 27.7 Å². The fourth-order valence-electron chi connectivity index (χ4n) is 8.44.